The second-order valence-corrected chi connectivity index (χ2v) is 6.68. The fourth-order valence-corrected chi connectivity index (χ4v) is 4.07. The summed E-state index contributed by atoms with van der Waals surface area (Å²) in [4.78, 5) is 15.6. The van der Waals surface area contributed by atoms with E-state index in [-0.39, 0.29) is 0 Å². The van der Waals surface area contributed by atoms with Crippen molar-refractivity contribution in [3.8, 4) is 0 Å². The highest BCUT2D eigenvalue weighted by Gasteiger charge is 2.36. The first kappa shape index (κ1) is 14.6. The number of piperidine rings is 1. The van der Waals surface area contributed by atoms with Crippen molar-refractivity contribution in [3.63, 3.8) is 0 Å². The van der Waals surface area contributed by atoms with Gasteiger partial charge in [0, 0.05) is 18.8 Å². The van der Waals surface area contributed by atoms with E-state index in [2.05, 4.69) is 40.1 Å². The second kappa shape index (κ2) is 6.61. The lowest BCUT2D eigenvalue weighted by Gasteiger charge is -2.44. The third kappa shape index (κ3) is 3.46. The van der Waals surface area contributed by atoms with Crippen LogP contribution in [0.25, 0.3) is 0 Å². The molecule has 1 unspecified atom stereocenters. The van der Waals surface area contributed by atoms with Crippen molar-refractivity contribution < 1.29 is 4.79 Å². The predicted octanol–water partition coefficient (Wildman–Crippen LogP) is 2.96. The van der Waals surface area contributed by atoms with Crippen molar-refractivity contribution in [1.82, 2.24) is 4.90 Å². The van der Waals surface area contributed by atoms with Gasteiger partial charge >= 0.3 is 0 Å². The van der Waals surface area contributed by atoms with Crippen molar-refractivity contribution in [2.75, 3.05) is 37.6 Å². The van der Waals surface area contributed by atoms with Crippen molar-refractivity contribution in [2.45, 2.75) is 32.1 Å². The molecule has 0 aromatic heterocycles. The van der Waals surface area contributed by atoms with Crippen molar-refractivity contribution >= 4 is 12.0 Å². The lowest BCUT2D eigenvalue weighted by atomic mass is 9.74. The van der Waals surface area contributed by atoms with E-state index in [4.69, 9.17) is 0 Å². The maximum Gasteiger partial charge on any atom is 0.133 e. The van der Waals surface area contributed by atoms with Gasteiger partial charge in [0.25, 0.3) is 0 Å². The molecule has 114 valence electrons. The zero-order chi connectivity index (χ0) is 14.5. The van der Waals surface area contributed by atoms with Gasteiger partial charge in [0.05, 0.1) is 6.54 Å². The highest BCUT2D eigenvalue weighted by Crippen LogP contribution is 2.40. The quantitative estimate of drug-likeness (QED) is 0.798. The third-order valence-corrected chi connectivity index (χ3v) is 5.26. The molecule has 2 fully saturated rings. The minimum atomic E-state index is 0.464. The van der Waals surface area contributed by atoms with E-state index >= 15 is 0 Å². The van der Waals surface area contributed by atoms with E-state index in [1.54, 1.807) is 0 Å². The van der Waals surface area contributed by atoms with Gasteiger partial charge in [-0.25, -0.2) is 0 Å². The summed E-state index contributed by atoms with van der Waals surface area (Å²) in [5.74, 6) is 0. The molecule has 1 aromatic rings. The summed E-state index contributed by atoms with van der Waals surface area (Å²) in [6.45, 7) is 5.15. The number of carbonyl (C=O) groups excluding carboxylic acids is 1. The molecular formula is C18H26N2O. The Balaban J connectivity index is 1.68. The molecular weight excluding hydrogens is 260 g/mol. The first-order valence-corrected chi connectivity index (χ1v) is 8.27. The average Bonchev–Trinajstić information content (AvgIpc) is 2.72. The maximum absolute atomic E-state index is 10.7. The molecule has 1 spiro atoms. The highest BCUT2D eigenvalue weighted by atomic mass is 16.1. The maximum atomic E-state index is 10.7. The van der Waals surface area contributed by atoms with Crippen molar-refractivity contribution in [2.24, 2.45) is 5.41 Å². The average molecular weight is 286 g/mol. The monoisotopic (exact) mass is 286 g/mol. The number of likely N-dealkylation sites (tertiary alicyclic amines) is 1. The van der Waals surface area contributed by atoms with Crippen LogP contribution in [0, 0.1) is 5.41 Å². The summed E-state index contributed by atoms with van der Waals surface area (Å²) in [7, 11) is 0. The van der Waals surface area contributed by atoms with Crippen LogP contribution in [-0.4, -0.2) is 43.9 Å². The Hall–Kier alpha value is -1.35. The summed E-state index contributed by atoms with van der Waals surface area (Å²) in [6.07, 6.45) is 7.48. The lowest BCUT2D eigenvalue weighted by molar-refractivity contribution is -0.108. The van der Waals surface area contributed by atoms with Crippen LogP contribution >= 0.6 is 0 Å². The number of nitrogens with zero attached hydrogens (tertiary/aromatic N) is 2. The molecule has 0 amide bonds. The molecule has 1 aromatic carbocycles. The van der Waals surface area contributed by atoms with Gasteiger partial charge in [0.1, 0.15) is 6.29 Å². The standard InChI is InChI=1S/C18H26N2O/c21-15-14-19-11-4-8-18(10-13-19)9-5-12-20(16-18)17-6-2-1-3-7-17/h1-3,6-7,15H,4-5,8-14,16H2. The number of anilines is 1. The largest absolute Gasteiger partial charge is 0.371 e. The normalized spacial score (nSPS) is 27.5. The van der Waals surface area contributed by atoms with Crippen LogP contribution in [0.3, 0.4) is 0 Å². The molecule has 2 heterocycles. The minimum Gasteiger partial charge on any atom is -0.371 e. The predicted molar refractivity (Wildman–Crippen MR) is 86.7 cm³/mol. The van der Waals surface area contributed by atoms with E-state index in [1.807, 2.05) is 0 Å². The lowest BCUT2D eigenvalue weighted by Crippen LogP contribution is -2.44. The molecule has 2 aliphatic heterocycles. The van der Waals surface area contributed by atoms with Gasteiger partial charge in [-0.05, 0) is 62.7 Å². The van der Waals surface area contributed by atoms with Crippen LogP contribution in [0.2, 0.25) is 0 Å². The van der Waals surface area contributed by atoms with Gasteiger partial charge in [-0.1, -0.05) is 18.2 Å². The summed E-state index contributed by atoms with van der Waals surface area (Å²) in [5, 5.41) is 0. The van der Waals surface area contributed by atoms with Crippen LogP contribution in [0.1, 0.15) is 32.1 Å². The summed E-state index contributed by atoms with van der Waals surface area (Å²) in [6, 6.07) is 10.8. The summed E-state index contributed by atoms with van der Waals surface area (Å²) < 4.78 is 0. The van der Waals surface area contributed by atoms with Gasteiger partial charge in [0.2, 0.25) is 0 Å². The molecule has 0 bridgehead atoms. The van der Waals surface area contributed by atoms with Crippen LogP contribution < -0.4 is 4.90 Å². The topological polar surface area (TPSA) is 23.6 Å². The Labute approximate surface area is 127 Å². The number of carbonyl (C=O) groups is 1. The zero-order valence-corrected chi connectivity index (χ0v) is 12.8. The highest BCUT2D eigenvalue weighted by molar-refractivity contribution is 5.52. The fraction of sp³-hybridized carbons (Fsp3) is 0.611. The smallest absolute Gasteiger partial charge is 0.133 e. The summed E-state index contributed by atoms with van der Waals surface area (Å²) in [5.41, 5.74) is 1.83. The van der Waals surface area contributed by atoms with E-state index in [9.17, 15) is 4.79 Å². The summed E-state index contributed by atoms with van der Waals surface area (Å²) >= 11 is 0. The molecule has 0 N–H and O–H groups in total. The molecule has 1 atom stereocenters. The van der Waals surface area contributed by atoms with Crippen LogP contribution in [0.4, 0.5) is 5.69 Å². The molecule has 21 heavy (non-hydrogen) atoms. The Kier molecular flexibility index (Phi) is 4.59. The van der Waals surface area contributed by atoms with E-state index in [0.29, 0.717) is 12.0 Å². The van der Waals surface area contributed by atoms with Crippen LogP contribution in [0.15, 0.2) is 30.3 Å². The molecule has 3 heteroatoms. The first-order chi connectivity index (χ1) is 10.3. The van der Waals surface area contributed by atoms with Gasteiger partial charge < -0.3 is 9.69 Å². The van der Waals surface area contributed by atoms with E-state index in [0.717, 1.165) is 19.4 Å². The minimum absolute atomic E-state index is 0.464. The molecule has 0 aliphatic carbocycles. The molecule has 2 aliphatic rings. The number of aldehydes is 1. The SMILES string of the molecule is O=CCN1CCCC2(CCCN(c3ccccc3)C2)CC1. The third-order valence-electron chi connectivity index (χ3n) is 5.26. The molecule has 3 nitrogen and oxygen atoms in total. The number of rotatable bonds is 3. The zero-order valence-electron chi connectivity index (χ0n) is 12.8. The van der Waals surface area contributed by atoms with E-state index in [1.165, 1.54) is 50.9 Å². The Morgan fingerprint density at radius 3 is 2.52 bits per heavy atom. The molecule has 0 saturated carbocycles. The van der Waals surface area contributed by atoms with Crippen molar-refractivity contribution in [3.05, 3.63) is 30.3 Å². The number of hydrogen-bond acceptors (Lipinski definition) is 3. The first-order valence-electron chi connectivity index (χ1n) is 8.27. The number of benzene rings is 1. The number of hydrogen-bond donors (Lipinski definition) is 0. The fourth-order valence-electron chi connectivity index (χ4n) is 4.07. The Morgan fingerprint density at radius 1 is 1.00 bits per heavy atom. The molecule has 2 saturated heterocycles. The van der Waals surface area contributed by atoms with Gasteiger partial charge in [0.15, 0.2) is 0 Å². The van der Waals surface area contributed by atoms with Gasteiger partial charge in [-0.15, -0.1) is 0 Å². The van der Waals surface area contributed by atoms with E-state index < -0.39 is 0 Å². The second-order valence-electron chi connectivity index (χ2n) is 6.68. The van der Waals surface area contributed by atoms with Gasteiger partial charge in [-0.2, -0.15) is 0 Å². The van der Waals surface area contributed by atoms with Crippen LogP contribution in [0.5, 0.6) is 0 Å². The molecule has 0 radical (unpaired) electrons. The Morgan fingerprint density at radius 2 is 1.76 bits per heavy atom. The molecule has 3 rings (SSSR count). The number of para-hydroxylation sites is 1. The van der Waals surface area contributed by atoms with Crippen molar-refractivity contribution in [1.29, 1.82) is 0 Å². The Bertz CT molecular complexity index is 462. The van der Waals surface area contributed by atoms with Gasteiger partial charge in [-0.3, -0.25) is 4.90 Å². The van der Waals surface area contributed by atoms with Crippen LogP contribution in [-0.2, 0) is 4.79 Å².